The van der Waals surface area contributed by atoms with Crippen LogP contribution in [-0.2, 0) is 0 Å². The molecular weight excluding hydrogens is 146 g/mol. The largest absolute Gasteiger partial charge is 0.391 e. The maximum Gasteiger partial charge on any atom is 0.102 e. The molecule has 0 saturated carbocycles. The third-order valence-electron chi connectivity index (χ3n) is 1.35. The number of hydrogen-bond donors (Lipinski definition) is 3. The van der Waals surface area contributed by atoms with Gasteiger partial charge in [-0.3, -0.25) is 0 Å². The van der Waals surface area contributed by atoms with Crippen molar-refractivity contribution in [2.45, 2.75) is 0 Å². The summed E-state index contributed by atoms with van der Waals surface area (Å²) in [5.74, 6) is 0.696. The van der Waals surface area contributed by atoms with Crippen LogP contribution in [0.25, 0.3) is 10.2 Å². The highest BCUT2D eigenvalue weighted by Crippen LogP contribution is 2.28. The normalized spacial score (nSPS) is 10.8. The number of hydrogen-bond acceptors (Lipinski definition) is 3. The third kappa shape index (κ3) is 0.657. The van der Waals surface area contributed by atoms with Crippen LogP contribution in [0.3, 0.4) is 0 Å². The van der Waals surface area contributed by atoms with Crippen molar-refractivity contribution in [3.63, 3.8) is 0 Å². The third-order valence-corrected chi connectivity index (χ3v) is 2.26. The van der Waals surface area contributed by atoms with Crippen molar-refractivity contribution < 1.29 is 0 Å². The number of H-pyrrole nitrogens is 1. The standard InChI is InChI=1S/C6H7N3S/c7-5-2-4-3(9-5)1-6(8)10-4/h1-2,9H,7-8H2. The van der Waals surface area contributed by atoms with Gasteiger partial charge in [-0.1, -0.05) is 0 Å². The number of nitrogens with two attached hydrogens (primary N) is 2. The number of rotatable bonds is 0. The van der Waals surface area contributed by atoms with Gasteiger partial charge in [-0.15, -0.1) is 11.3 Å². The smallest absolute Gasteiger partial charge is 0.102 e. The van der Waals surface area contributed by atoms with Crippen molar-refractivity contribution in [1.29, 1.82) is 0 Å². The van der Waals surface area contributed by atoms with Gasteiger partial charge in [0.1, 0.15) is 5.82 Å². The molecule has 10 heavy (non-hydrogen) atoms. The Labute approximate surface area is 61.6 Å². The molecule has 0 aliphatic carbocycles. The summed E-state index contributed by atoms with van der Waals surface area (Å²) >= 11 is 1.54. The van der Waals surface area contributed by atoms with Gasteiger partial charge in [-0.2, -0.15) is 0 Å². The van der Waals surface area contributed by atoms with Crippen LogP contribution in [0.1, 0.15) is 0 Å². The second-order valence-electron chi connectivity index (χ2n) is 2.15. The van der Waals surface area contributed by atoms with Crippen molar-refractivity contribution >= 4 is 32.4 Å². The minimum absolute atomic E-state index is 0.696. The Morgan fingerprint density at radius 3 is 2.80 bits per heavy atom. The number of nitrogen functional groups attached to an aromatic ring is 2. The van der Waals surface area contributed by atoms with Gasteiger partial charge >= 0.3 is 0 Å². The van der Waals surface area contributed by atoms with Crippen LogP contribution in [0.4, 0.5) is 10.8 Å². The van der Waals surface area contributed by atoms with Crippen LogP contribution in [0, 0.1) is 0 Å². The molecule has 2 heterocycles. The summed E-state index contributed by atoms with van der Waals surface area (Å²) in [4.78, 5) is 2.99. The molecule has 3 nitrogen and oxygen atoms in total. The molecule has 0 spiro atoms. The Morgan fingerprint density at radius 1 is 1.30 bits per heavy atom. The number of fused-ring (bicyclic) bond motifs is 1. The number of nitrogens with one attached hydrogen (secondary N) is 1. The van der Waals surface area contributed by atoms with Crippen LogP contribution in [-0.4, -0.2) is 4.98 Å². The van der Waals surface area contributed by atoms with E-state index in [1.165, 1.54) is 11.3 Å². The zero-order valence-electron chi connectivity index (χ0n) is 5.22. The Hall–Kier alpha value is -1.16. The minimum atomic E-state index is 0.696. The molecule has 5 N–H and O–H groups in total. The maximum absolute atomic E-state index is 5.54. The average molecular weight is 153 g/mol. The topological polar surface area (TPSA) is 67.8 Å². The fourth-order valence-corrected chi connectivity index (χ4v) is 1.80. The summed E-state index contributed by atoms with van der Waals surface area (Å²) in [6.07, 6.45) is 0. The van der Waals surface area contributed by atoms with E-state index < -0.39 is 0 Å². The molecule has 0 aliphatic heterocycles. The van der Waals surface area contributed by atoms with Gasteiger partial charge in [-0.05, 0) is 12.1 Å². The van der Waals surface area contributed by atoms with Crippen molar-refractivity contribution in [3.05, 3.63) is 12.1 Å². The molecule has 0 atom stereocenters. The van der Waals surface area contributed by atoms with E-state index in [1.54, 1.807) is 0 Å². The van der Waals surface area contributed by atoms with E-state index in [0.29, 0.717) is 5.82 Å². The van der Waals surface area contributed by atoms with E-state index in [2.05, 4.69) is 4.98 Å². The van der Waals surface area contributed by atoms with E-state index in [4.69, 9.17) is 11.5 Å². The highest BCUT2D eigenvalue weighted by molar-refractivity contribution is 7.22. The van der Waals surface area contributed by atoms with Gasteiger partial charge in [0, 0.05) is 0 Å². The molecule has 2 aromatic heterocycles. The lowest BCUT2D eigenvalue weighted by Gasteiger charge is -1.79. The summed E-state index contributed by atoms with van der Waals surface area (Å²) in [6, 6.07) is 3.77. The number of thiophene rings is 1. The van der Waals surface area contributed by atoms with Crippen LogP contribution in [0.2, 0.25) is 0 Å². The molecule has 0 amide bonds. The summed E-state index contributed by atoms with van der Waals surface area (Å²) in [5.41, 5.74) is 12.1. The highest BCUT2D eigenvalue weighted by atomic mass is 32.1. The maximum atomic E-state index is 5.54. The van der Waals surface area contributed by atoms with Crippen molar-refractivity contribution in [1.82, 2.24) is 4.98 Å². The number of aromatic amines is 1. The van der Waals surface area contributed by atoms with E-state index in [9.17, 15) is 0 Å². The zero-order valence-corrected chi connectivity index (χ0v) is 6.03. The molecule has 0 unspecified atom stereocenters. The minimum Gasteiger partial charge on any atom is -0.391 e. The number of anilines is 2. The summed E-state index contributed by atoms with van der Waals surface area (Å²) in [6.45, 7) is 0. The average Bonchev–Trinajstić information content (AvgIpc) is 2.21. The predicted octanol–water partition coefficient (Wildman–Crippen LogP) is 1.39. The lowest BCUT2D eigenvalue weighted by molar-refractivity contribution is 1.48. The van der Waals surface area contributed by atoms with Gasteiger partial charge in [0.15, 0.2) is 0 Å². The Kier molecular flexibility index (Phi) is 0.935. The lowest BCUT2D eigenvalue weighted by Crippen LogP contribution is -1.81. The predicted molar refractivity (Wildman–Crippen MR) is 45.0 cm³/mol. The quantitative estimate of drug-likeness (QED) is 0.535. The molecule has 0 aliphatic rings. The molecular formula is C6H7N3S. The van der Waals surface area contributed by atoms with Crippen LogP contribution in [0.15, 0.2) is 12.1 Å². The highest BCUT2D eigenvalue weighted by Gasteiger charge is 2.00. The first-order valence-corrected chi connectivity index (χ1v) is 3.71. The summed E-state index contributed by atoms with van der Waals surface area (Å²) < 4.78 is 1.12. The first-order valence-electron chi connectivity index (χ1n) is 2.89. The van der Waals surface area contributed by atoms with Crippen LogP contribution < -0.4 is 11.5 Å². The fourth-order valence-electron chi connectivity index (χ4n) is 0.963. The second-order valence-corrected chi connectivity index (χ2v) is 3.27. The van der Waals surface area contributed by atoms with E-state index in [1.807, 2.05) is 12.1 Å². The van der Waals surface area contributed by atoms with Crippen molar-refractivity contribution in [3.8, 4) is 0 Å². The SMILES string of the molecule is Nc1cc2sc(N)cc2[nH]1. The molecule has 4 heteroatoms. The van der Waals surface area contributed by atoms with Crippen molar-refractivity contribution in [2.24, 2.45) is 0 Å². The molecule has 0 fully saturated rings. The summed E-state index contributed by atoms with van der Waals surface area (Å²) in [5, 5.41) is 0.821. The molecule has 0 aromatic carbocycles. The van der Waals surface area contributed by atoms with Gasteiger partial charge in [0.2, 0.25) is 0 Å². The lowest BCUT2D eigenvalue weighted by atomic mass is 10.5. The first kappa shape index (κ1) is 5.61. The monoisotopic (exact) mass is 153 g/mol. The first-order chi connectivity index (χ1) is 4.75. The Bertz CT molecular complexity index is 297. The van der Waals surface area contributed by atoms with Crippen molar-refractivity contribution in [2.75, 3.05) is 11.5 Å². The Morgan fingerprint density at radius 2 is 2.10 bits per heavy atom. The molecule has 0 radical (unpaired) electrons. The van der Waals surface area contributed by atoms with Gasteiger partial charge in [0.05, 0.1) is 15.2 Å². The molecule has 2 aromatic rings. The van der Waals surface area contributed by atoms with E-state index in [-0.39, 0.29) is 0 Å². The molecule has 0 bridgehead atoms. The van der Waals surface area contributed by atoms with Crippen LogP contribution >= 0.6 is 11.3 Å². The Balaban J connectivity index is 2.83. The van der Waals surface area contributed by atoms with Gasteiger partial charge in [0.25, 0.3) is 0 Å². The number of aromatic nitrogens is 1. The van der Waals surface area contributed by atoms with E-state index >= 15 is 0 Å². The second kappa shape index (κ2) is 1.67. The van der Waals surface area contributed by atoms with Gasteiger partial charge in [-0.25, -0.2) is 0 Å². The molecule has 0 saturated heterocycles. The van der Waals surface area contributed by atoms with Gasteiger partial charge < -0.3 is 16.5 Å². The van der Waals surface area contributed by atoms with Crippen LogP contribution in [0.5, 0.6) is 0 Å². The molecule has 52 valence electrons. The zero-order chi connectivity index (χ0) is 7.14. The molecule has 2 rings (SSSR count). The van der Waals surface area contributed by atoms with E-state index in [0.717, 1.165) is 15.2 Å². The summed E-state index contributed by atoms with van der Waals surface area (Å²) in [7, 11) is 0. The fraction of sp³-hybridized carbons (Fsp3) is 0.